The SMILES string of the molecule is CCCCCCCCCCCC(O)CC(=O)NC1C(OP(=O)(O)O)OC(COC2OC(CO)C(OP(=O)(O)O)C(OC(=O)CC(O)CCCCCCCCCCC)C2NC(=O)CC(O)CCCCCCCCCCC)C(O)C1OC(=O)CC(O)CCCCCCCCCCC. The number of phosphoric acid groups is 2. The minimum absolute atomic E-state index is 0.196. The fraction of sp³-hybridized carbons (Fsp3) is 0.941. The lowest BCUT2D eigenvalue weighted by Crippen LogP contribution is -2.68. The molecule has 2 aliphatic heterocycles. The molecule has 14 unspecified atom stereocenters. The van der Waals surface area contributed by atoms with Crippen LogP contribution < -0.4 is 10.6 Å². The highest BCUT2D eigenvalue weighted by molar-refractivity contribution is 7.46. The van der Waals surface area contributed by atoms with Crippen LogP contribution in [0.15, 0.2) is 0 Å². The van der Waals surface area contributed by atoms with Gasteiger partial charge in [-0.3, -0.25) is 28.2 Å². The van der Waals surface area contributed by atoms with Gasteiger partial charge in [0.1, 0.15) is 36.5 Å². The van der Waals surface area contributed by atoms with E-state index in [1.807, 2.05) is 0 Å². The van der Waals surface area contributed by atoms with Crippen LogP contribution in [0.3, 0.4) is 0 Å². The molecule has 560 valence electrons. The van der Waals surface area contributed by atoms with Crippen molar-refractivity contribution in [3.8, 4) is 0 Å². The molecule has 0 spiro atoms. The first-order valence-corrected chi connectivity index (χ1v) is 39.9. The summed E-state index contributed by atoms with van der Waals surface area (Å²) in [5.74, 6) is -4.01. The van der Waals surface area contributed by atoms with Crippen molar-refractivity contribution in [1.29, 1.82) is 0 Å². The molecule has 2 saturated heterocycles. The second kappa shape index (κ2) is 53.6. The highest BCUT2D eigenvalue weighted by atomic mass is 31.2. The fourth-order valence-electron chi connectivity index (χ4n) is 12.4. The van der Waals surface area contributed by atoms with Gasteiger partial charge in [0.25, 0.3) is 0 Å². The number of aliphatic hydroxyl groups excluding tert-OH is 6. The maximum Gasteiger partial charge on any atom is 0.472 e. The second-order valence-corrected chi connectivity index (χ2v) is 29.1. The van der Waals surface area contributed by atoms with E-state index in [2.05, 4.69) is 38.3 Å². The molecule has 12 N–H and O–H groups in total. The molecule has 2 amide bonds. The number of hydrogen-bond acceptors (Lipinski definition) is 19. The Hall–Kier alpha value is -2.26. The van der Waals surface area contributed by atoms with Crippen molar-refractivity contribution < 1.29 is 111 Å². The maximum atomic E-state index is 14.1. The molecular formula is C68H130N2O23P2. The summed E-state index contributed by atoms with van der Waals surface area (Å²) in [4.78, 5) is 96.5. The zero-order chi connectivity index (χ0) is 70.3. The number of phosphoric ester groups is 2. The summed E-state index contributed by atoms with van der Waals surface area (Å²) >= 11 is 0. The van der Waals surface area contributed by atoms with Gasteiger partial charge in [0, 0.05) is 0 Å². The van der Waals surface area contributed by atoms with Crippen LogP contribution >= 0.6 is 15.6 Å². The molecule has 0 bridgehead atoms. The third-order valence-electron chi connectivity index (χ3n) is 17.8. The molecule has 0 aromatic rings. The van der Waals surface area contributed by atoms with Crippen LogP contribution in [0.2, 0.25) is 0 Å². The van der Waals surface area contributed by atoms with Crippen LogP contribution in [0.25, 0.3) is 0 Å². The highest BCUT2D eigenvalue weighted by Gasteiger charge is 2.55. The largest absolute Gasteiger partial charge is 0.472 e. The van der Waals surface area contributed by atoms with Crippen LogP contribution in [0.5, 0.6) is 0 Å². The Balaban J connectivity index is 2.55. The smallest absolute Gasteiger partial charge is 0.457 e. The molecule has 0 saturated carbocycles. The van der Waals surface area contributed by atoms with Gasteiger partial charge in [-0.15, -0.1) is 0 Å². The van der Waals surface area contributed by atoms with Gasteiger partial charge < -0.3 is 84.5 Å². The third-order valence-corrected chi connectivity index (χ3v) is 18.8. The molecule has 14 atom stereocenters. The number of nitrogens with one attached hydrogen (secondary N) is 2. The van der Waals surface area contributed by atoms with Gasteiger partial charge in [0.05, 0.1) is 63.3 Å². The Morgan fingerprint density at radius 2 is 0.695 bits per heavy atom. The van der Waals surface area contributed by atoms with Gasteiger partial charge in [-0.25, -0.2) is 9.13 Å². The molecule has 25 nitrogen and oxygen atoms in total. The average Bonchev–Trinajstić information content (AvgIpc) is 0.787. The Morgan fingerprint density at radius 3 is 1.02 bits per heavy atom. The van der Waals surface area contributed by atoms with Crippen molar-refractivity contribution in [2.24, 2.45) is 0 Å². The summed E-state index contributed by atoms with van der Waals surface area (Å²) in [6, 6.07) is -3.75. The minimum atomic E-state index is -5.61. The van der Waals surface area contributed by atoms with Crippen molar-refractivity contribution in [2.45, 2.75) is 396 Å². The number of unbranched alkanes of at least 4 members (excludes halogenated alkanes) is 32. The van der Waals surface area contributed by atoms with E-state index >= 15 is 0 Å². The molecule has 2 aliphatic rings. The molecule has 0 aliphatic carbocycles. The van der Waals surface area contributed by atoms with Gasteiger partial charge in [0.15, 0.2) is 24.8 Å². The van der Waals surface area contributed by atoms with Crippen LogP contribution in [0.1, 0.15) is 310 Å². The van der Waals surface area contributed by atoms with Crippen molar-refractivity contribution in [1.82, 2.24) is 10.6 Å². The first-order chi connectivity index (χ1) is 45.4. The van der Waals surface area contributed by atoms with E-state index in [9.17, 15) is 78.5 Å². The third kappa shape index (κ3) is 43.2. The lowest BCUT2D eigenvalue weighted by Gasteiger charge is -2.47. The number of carbonyl (C=O) groups is 4. The highest BCUT2D eigenvalue weighted by Crippen LogP contribution is 2.44. The predicted octanol–water partition coefficient (Wildman–Crippen LogP) is 10.9. The van der Waals surface area contributed by atoms with E-state index in [4.69, 9.17) is 32.7 Å². The summed E-state index contributed by atoms with van der Waals surface area (Å²) in [7, 11) is -11.2. The molecule has 0 aromatic carbocycles. The molecule has 95 heavy (non-hydrogen) atoms. The van der Waals surface area contributed by atoms with Crippen LogP contribution in [0.4, 0.5) is 0 Å². The van der Waals surface area contributed by atoms with Crippen molar-refractivity contribution in [3.63, 3.8) is 0 Å². The van der Waals surface area contributed by atoms with Crippen molar-refractivity contribution in [3.05, 3.63) is 0 Å². The van der Waals surface area contributed by atoms with Gasteiger partial charge in [-0.2, -0.15) is 0 Å². The standard InChI is InChI=1S/C68H130N2O23P2/c1-5-9-13-17-21-25-29-33-37-41-51(72)45-57(76)69-61-65(90-59(78)47-53(74)43-39-35-31-27-23-19-15-11-7-3)63(80)56(89-68(61)93-95(84,85)86)50-87-67-62(70-58(77)46-52(73)42-38-34-30-26-22-18-14-10-6-2)66(64(55(49-71)88-67)92-94(81,82)83)91-60(79)48-54(75)44-40-36-32-28-24-20-16-12-8-4/h51-56,61-68,71-75,80H,5-50H2,1-4H3,(H,69,76)(H,70,77)(H2,81,82,83)(H2,84,85,86). The first kappa shape index (κ1) is 88.8. The van der Waals surface area contributed by atoms with E-state index in [0.29, 0.717) is 25.7 Å². The fourth-order valence-corrected chi connectivity index (χ4v) is 13.4. The second-order valence-electron chi connectivity index (χ2n) is 26.7. The molecule has 0 radical (unpaired) electrons. The van der Waals surface area contributed by atoms with E-state index in [1.54, 1.807) is 0 Å². The number of carbonyl (C=O) groups excluding carboxylic acids is 4. The zero-order valence-corrected chi connectivity index (χ0v) is 60.1. The van der Waals surface area contributed by atoms with Gasteiger partial charge in [-0.05, 0) is 25.7 Å². The lowest BCUT2D eigenvalue weighted by molar-refractivity contribution is -0.296. The predicted molar refractivity (Wildman–Crippen MR) is 360 cm³/mol. The van der Waals surface area contributed by atoms with Gasteiger partial charge >= 0.3 is 27.6 Å². The Morgan fingerprint density at radius 1 is 0.400 bits per heavy atom. The Kier molecular flexibility index (Phi) is 50.1. The Bertz CT molecular complexity index is 2080. The Labute approximate surface area is 568 Å². The van der Waals surface area contributed by atoms with Gasteiger partial charge in [-0.1, -0.05) is 259 Å². The van der Waals surface area contributed by atoms with E-state index < -0.39 is 164 Å². The van der Waals surface area contributed by atoms with E-state index in [0.717, 1.165) is 154 Å². The summed E-state index contributed by atoms with van der Waals surface area (Å²) in [5, 5.41) is 72.2. The maximum absolute atomic E-state index is 14.1. The molecule has 2 fully saturated rings. The minimum Gasteiger partial charge on any atom is -0.457 e. The topological polar surface area (TPSA) is 393 Å². The number of esters is 2. The first-order valence-electron chi connectivity index (χ1n) is 36.8. The van der Waals surface area contributed by atoms with E-state index in [-0.39, 0.29) is 25.7 Å². The number of ether oxygens (including phenoxy) is 5. The normalized spacial score (nSPS) is 23.0. The lowest BCUT2D eigenvalue weighted by atomic mass is 9.95. The molecular weight excluding hydrogens is 1270 g/mol. The van der Waals surface area contributed by atoms with Crippen LogP contribution in [-0.4, -0.2) is 173 Å². The number of aliphatic hydroxyl groups is 6. The molecule has 2 heterocycles. The number of amides is 2. The number of hydrogen-bond donors (Lipinski definition) is 12. The number of rotatable bonds is 60. The summed E-state index contributed by atoms with van der Waals surface area (Å²) in [6.07, 6.45) is 13.8. The summed E-state index contributed by atoms with van der Waals surface area (Å²) < 4.78 is 65.3. The molecule has 2 rings (SSSR count). The average molecular weight is 1410 g/mol. The van der Waals surface area contributed by atoms with E-state index in [1.165, 1.54) is 51.4 Å². The molecule has 27 heteroatoms. The van der Waals surface area contributed by atoms with Crippen LogP contribution in [-0.2, 0) is 61.0 Å². The van der Waals surface area contributed by atoms with Crippen LogP contribution in [0, 0.1) is 0 Å². The zero-order valence-electron chi connectivity index (χ0n) is 58.3. The summed E-state index contributed by atoms with van der Waals surface area (Å²) in [5.41, 5.74) is 0. The van der Waals surface area contributed by atoms with Gasteiger partial charge in [0.2, 0.25) is 11.8 Å². The summed E-state index contributed by atoms with van der Waals surface area (Å²) in [6.45, 7) is 6.55. The quantitative estimate of drug-likeness (QED) is 0.0153. The molecule has 0 aromatic heterocycles. The van der Waals surface area contributed by atoms with Crippen molar-refractivity contribution >= 4 is 39.4 Å². The van der Waals surface area contributed by atoms with Crippen molar-refractivity contribution in [2.75, 3.05) is 13.2 Å². The monoisotopic (exact) mass is 1400 g/mol.